The second-order valence-corrected chi connectivity index (χ2v) is 4.36. The number of nitriles is 1. The molecule has 2 N–H and O–H groups in total. The summed E-state index contributed by atoms with van der Waals surface area (Å²) in [6, 6.07) is 5.47. The van der Waals surface area contributed by atoms with Gasteiger partial charge in [0.1, 0.15) is 11.9 Å². The molecule has 17 heavy (non-hydrogen) atoms. The van der Waals surface area contributed by atoms with Crippen molar-refractivity contribution in [3.8, 4) is 6.07 Å². The van der Waals surface area contributed by atoms with Gasteiger partial charge < -0.3 is 10.4 Å². The molecule has 0 saturated heterocycles. The van der Waals surface area contributed by atoms with Crippen LogP contribution in [0.15, 0.2) is 24.3 Å². The fourth-order valence-electron chi connectivity index (χ4n) is 1.81. The summed E-state index contributed by atoms with van der Waals surface area (Å²) >= 11 is 5.80. The van der Waals surface area contributed by atoms with E-state index in [0.717, 1.165) is 6.42 Å². The van der Waals surface area contributed by atoms with Gasteiger partial charge in [0.2, 0.25) is 0 Å². The highest BCUT2D eigenvalue weighted by Gasteiger charge is 2.18. The first-order valence-corrected chi connectivity index (χ1v) is 5.73. The van der Waals surface area contributed by atoms with Crippen LogP contribution in [0.3, 0.4) is 0 Å². The van der Waals surface area contributed by atoms with Crippen LogP contribution in [0.5, 0.6) is 0 Å². The first kappa shape index (κ1) is 11.9. The van der Waals surface area contributed by atoms with Crippen LogP contribution in [-0.2, 0) is 0 Å². The van der Waals surface area contributed by atoms with Crippen LogP contribution in [0, 0.1) is 17.2 Å². The van der Waals surface area contributed by atoms with Gasteiger partial charge >= 0.3 is 0 Å². The molecule has 1 aromatic heterocycles. The Bertz CT molecular complexity index is 481. The van der Waals surface area contributed by atoms with Crippen LogP contribution in [-0.4, -0.2) is 22.7 Å². The van der Waals surface area contributed by atoms with Crippen LogP contribution < -0.4 is 5.32 Å². The number of rotatable bonds is 3. The molecule has 0 bridgehead atoms. The highest BCUT2D eigenvalue weighted by Crippen LogP contribution is 2.22. The fourth-order valence-corrected chi connectivity index (χ4v) is 1.96. The normalized spacial score (nSPS) is 22.4. The molecule has 1 aliphatic carbocycles. The van der Waals surface area contributed by atoms with Crippen LogP contribution in [0.25, 0.3) is 0 Å². The molecule has 1 heterocycles. The van der Waals surface area contributed by atoms with Gasteiger partial charge in [0.05, 0.1) is 5.02 Å². The van der Waals surface area contributed by atoms with Gasteiger partial charge in [-0.3, -0.25) is 0 Å². The van der Waals surface area contributed by atoms with E-state index in [2.05, 4.69) is 10.3 Å². The maximum absolute atomic E-state index is 9.01. The zero-order chi connectivity index (χ0) is 12.3. The second kappa shape index (κ2) is 5.17. The lowest BCUT2D eigenvalue weighted by atomic mass is 10.1. The zero-order valence-electron chi connectivity index (χ0n) is 9.10. The third kappa shape index (κ3) is 2.76. The van der Waals surface area contributed by atoms with Crippen LogP contribution in [0.4, 0.5) is 5.82 Å². The summed E-state index contributed by atoms with van der Waals surface area (Å²) in [6.07, 6.45) is 4.82. The lowest BCUT2D eigenvalue weighted by Crippen LogP contribution is -2.17. The summed E-state index contributed by atoms with van der Waals surface area (Å²) in [5.41, 5.74) is 0.220. The third-order valence-corrected chi connectivity index (χ3v) is 3.00. The Morgan fingerprint density at radius 1 is 1.53 bits per heavy atom. The molecule has 0 spiro atoms. The Balaban J connectivity index is 2.06. The maximum Gasteiger partial charge on any atom is 0.161 e. The van der Waals surface area contributed by atoms with Gasteiger partial charge in [-0.25, -0.2) is 4.98 Å². The van der Waals surface area contributed by atoms with Crippen molar-refractivity contribution in [2.75, 3.05) is 11.9 Å². The average Bonchev–Trinajstić information content (AvgIpc) is 2.79. The number of aliphatic hydroxyl groups excluding tert-OH is 1. The number of hydrogen-bond donors (Lipinski definition) is 2. The number of nitrogens with one attached hydrogen (secondary N) is 1. The Hall–Kier alpha value is -1.57. The quantitative estimate of drug-likeness (QED) is 0.804. The summed E-state index contributed by atoms with van der Waals surface area (Å²) in [7, 11) is 0. The maximum atomic E-state index is 9.01. The molecule has 0 aliphatic heterocycles. The Labute approximate surface area is 105 Å². The van der Waals surface area contributed by atoms with Crippen molar-refractivity contribution < 1.29 is 5.11 Å². The minimum absolute atomic E-state index is 0.146. The van der Waals surface area contributed by atoms with Crippen molar-refractivity contribution >= 4 is 17.4 Å². The molecule has 0 unspecified atom stereocenters. The van der Waals surface area contributed by atoms with Crippen molar-refractivity contribution in [1.82, 2.24) is 4.98 Å². The Morgan fingerprint density at radius 2 is 2.35 bits per heavy atom. The molecule has 0 radical (unpaired) electrons. The lowest BCUT2D eigenvalue weighted by Gasteiger charge is -2.13. The van der Waals surface area contributed by atoms with Gasteiger partial charge in [-0.05, 0) is 18.6 Å². The van der Waals surface area contributed by atoms with E-state index >= 15 is 0 Å². The second-order valence-electron chi connectivity index (χ2n) is 3.95. The van der Waals surface area contributed by atoms with Gasteiger partial charge in [0.25, 0.3) is 0 Å². The Kier molecular flexibility index (Phi) is 3.62. The third-order valence-electron chi connectivity index (χ3n) is 2.69. The molecule has 1 aliphatic rings. The van der Waals surface area contributed by atoms with Crippen molar-refractivity contribution in [2.24, 2.45) is 5.92 Å². The van der Waals surface area contributed by atoms with Crippen LogP contribution >= 0.6 is 11.6 Å². The van der Waals surface area contributed by atoms with E-state index in [4.69, 9.17) is 22.0 Å². The van der Waals surface area contributed by atoms with Gasteiger partial charge in [0, 0.05) is 18.6 Å². The lowest BCUT2D eigenvalue weighted by molar-refractivity contribution is 0.250. The Morgan fingerprint density at radius 3 is 3.00 bits per heavy atom. The number of nitrogens with zero attached hydrogens (tertiary/aromatic N) is 2. The highest BCUT2D eigenvalue weighted by atomic mass is 35.5. The first-order chi connectivity index (χ1) is 8.22. The molecule has 2 rings (SSSR count). The monoisotopic (exact) mass is 249 g/mol. The van der Waals surface area contributed by atoms with Crippen molar-refractivity contribution in [1.29, 1.82) is 5.26 Å². The molecular formula is C12H12ClN3O. The molecule has 0 amide bonds. The molecular weight excluding hydrogens is 238 g/mol. The van der Waals surface area contributed by atoms with E-state index in [1.165, 1.54) is 0 Å². The minimum Gasteiger partial charge on any atom is -0.396 e. The van der Waals surface area contributed by atoms with E-state index in [9.17, 15) is 0 Å². The summed E-state index contributed by atoms with van der Waals surface area (Å²) in [5, 5.41) is 21.4. The van der Waals surface area contributed by atoms with Gasteiger partial charge in [-0.1, -0.05) is 23.8 Å². The topological polar surface area (TPSA) is 68.9 Å². The predicted molar refractivity (Wildman–Crippen MR) is 65.7 cm³/mol. The van der Waals surface area contributed by atoms with Crippen LogP contribution in [0.1, 0.15) is 12.1 Å². The van der Waals surface area contributed by atoms with Gasteiger partial charge in [-0.2, -0.15) is 5.26 Å². The van der Waals surface area contributed by atoms with E-state index in [1.807, 2.05) is 18.2 Å². The van der Waals surface area contributed by atoms with Crippen LogP contribution in [0.2, 0.25) is 5.02 Å². The van der Waals surface area contributed by atoms with E-state index < -0.39 is 0 Å². The predicted octanol–water partition coefficient (Wildman–Crippen LogP) is 1.96. The number of aliphatic hydroxyl groups is 1. The van der Waals surface area contributed by atoms with Crippen molar-refractivity contribution in [3.05, 3.63) is 35.0 Å². The van der Waals surface area contributed by atoms with Gasteiger partial charge in [-0.15, -0.1) is 0 Å². The molecule has 1 aromatic rings. The molecule has 88 valence electrons. The molecule has 2 atom stereocenters. The average molecular weight is 250 g/mol. The number of anilines is 1. The minimum atomic E-state index is 0.146. The summed E-state index contributed by atoms with van der Waals surface area (Å²) in [6.45, 7) is 0.159. The molecule has 0 aromatic carbocycles. The van der Waals surface area contributed by atoms with Crippen molar-refractivity contribution in [2.45, 2.75) is 12.5 Å². The van der Waals surface area contributed by atoms with Crippen molar-refractivity contribution in [3.63, 3.8) is 0 Å². The smallest absolute Gasteiger partial charge is 0.161 e. The number of aromatic nitrogens is 1. The molecule has 0 saturated carbocycles. The highest BCUT2D eigenvalue weighted by molar-refractivity contribution is 6.31. The number of halogens is 1. The van der Waals surface area contributed by atoms with E-state index in [0.29, 0.717) is 10.8 Å². The standard InChI is InChI=1S/C12H12ClN3O/c13-10-3-4-12(16-11(10)6-14)15-9-2-1-8(5-9)7-17/h1-4,8-9,17H,5,7H2,(H,15,16)/t8-,9+/m0/s1. The van der Waals surface area contributed by atoms with E-state index in [-0.39, 0.29) is 24.3 Å². The summed E-state index contributed by atoms with van der Waals surface area (Å²) in [4.78, 5) is 4.10. The largest absolute Gasteiger partial charge is 0.396 e. The molecule has 4 nitrogen and oxygen atoms in total. The number of hydrogen-bond acceptors (Lipinski definition) is 4. The SMILES string of the molecule is N#Cc1nc(N[C@@H]2C=C[C@H](CO)C2)ccc1Cl. The first-order valence-electron chi connectivity index (χ1n) is 5.35. The summed E-state index contributed by atoms with van der Waals surface area (Å²) < 4.78 is 0. The van der Waals surface area contributed by atoms with E-state index in [1.54, 1.807) is 12.1 Å². The van der Waals surface area contributed by atoms with Gasteiger partial charge in [0.15, 0.2) is 5.69 Å². The summed E-state index contributed by atoms with van der Waals surface area (Å²) in [5.74, 6) is 0.828. The fraction of sp³-hybridized carbons (Fsp3) is 0.333. The zero-order valence-corrected chi connectivity index (χ0v) is 9.85. The molecule has 5 heteroatoms. The molecule has 0 fully saturated rings. The number of pyridine rings is 1.